The molecule has 0 unspecified atom stereocenters. The van der Waals surface area contributed by atoms with E-state index in [1.54, 1.807) is 18.3 Å². The lowest BCUT2D eigenvalue weighted by Crippen LogP contribution is -1.93. The zero-order valence-corrected chi connectivity index (χ0v) is 10.9. The number of Topliss-reactive ketones (excluding diaryl/α,β-unsaturated/α-hetero) is 1. The van der Waals surface area contributed by atoms with Crippen molar-refractivity contribution in [1.82, 2.24) is 4.98 Å². The number of rotatable bonds is 4. The van der Waals surface area contributed by atoms with Gasteiger partial charge in [-0.3, -0.25) is 0 Å². The summed E-state index contributed by atoms with van der Waals surface area (Å²) in [6.45, 7) is 3.64. The van der Waals surface area contributed by atoms with Gasteiger partial charge in [0.2, 0.25) is 0 Å². The number of thiazole rings is 1. The lowest BCUT2D eigenvalue weighted by atomic mass is 10.1. The zero-order chi connectivity index (χ0) is 12.3. The second-order valence-electron chi connectivity index (χ2n) is 4.15. The predicted octanol–water partition coefficient (Wildman–Crippen LogP) is 3.64. The fourth-order valence-electron chi connectivity index (χ4n) is 1.66. The minimum absolute atomic E-state index is 0.240. The first-order valence-electron chi connectivity index (χ1n) is 5.66. The maximum atomic E-state index is 10.9. The first-order valence-corrected chi connectivity index (χ1v) is 6.54. The number of ketones is 1. The molecule has 0 bridgehead atoms. The van der Waals surface area contributed by atoms with Crippen molar-refractivity contribution >= 4 is 17.1 Å². The minimum Gasteiger partial charge on any atom is -0.300 e. The molecule has 2 nitrogen and oxygen atoms in total. The third-order valence-electron chi connectivity index (χ3n) is 2.63. The van der Waals surface area contributed by atoms with E-state index in [4.69, 9.17) is 0 Å². The summed E-state index contributed by atoms with van der Waals surface area (Å²) in [5.41, 5.74) is 3.38. The van der Waals surface area contributed by atoms with Crippen LogP contribution in [0.15, 0.2) is 29.6 Å². The van der Waals surface area contributed by atoms with Crippen molar-refractivity contribution in [3.05, 3.63) is 40.2 Å². The van der Waals surface area contributed by atoms with Crippen molar-refractivity contribution in [2.24, 2.45) is 0 Å². The first kappa shape index (κ1) is 12.0. The molecule has 0 radical (unpaired) electrons. The Kier molecular flexibility index (Phi) is 3.69. The van der Waals surface area contributed by atoms with Crippen molar-refractivity contribution < 1.29 is 4.79 Å². The van der Waals surface area contributed by atoms with E-state index in [0.29, 0.717) is 6.42 Å². The summed E-state index contributed by atoms with van der Waals surface area (Å²) in [5.74, 6) is 0.240. The second-order valence-corrected chi connectivity index (χ2v) is 5.21. The number of carbonyl (C=O) groups is 1. The summed E-state index contributed by atoms with van der Waals surface area (Å²) in [5, 5.41) is 3.15. The third kappa shape index (κ3) is 3.24. The van der Waals surface area contributed by atoms with Crippen molar-refractivity contribution in [1.29, 1.82) is 0 Å². The van der Waals surface area contributed by atoms with Gasteiger partial charge in [-0.15, -0.1) is 11.3 Å². The van der Waals surface area contributed by atoms with E-state index in [1.165, 1.54) is 5.56 Å². The summed E-state index contributed by atoms with van der Waals surface area (Å²) < 4.78 is 0. The fourth-order valence-corrected chi connectivity index (χ4v) is 2.28. The lowest BCUT2D eigenvalue weighted by Gasteiger charge is -2.01. The van der Waals surface area contributed by atoms with Crippen LogP contribution in [0, 0.1) is 6.92 Å². The first-order chi connectivity index (χ1) is 8.15. The number of aryl methyl sites for hydroxylation is 2. The highest BCUT2D eigenvalue weighted by molar-refractivity contribution is 7.09. The molecule has 0 saturated carbocycles. The highest BCUT2D eigenvalue weighted by Gasteiger charge is 2.02. The van der Waals surface area contributed by atoms with Gasteiger partial charge in [-0.1, -0.05) is 24.3 Å². The van der Waals surface area contributed by atoms with Gasteiger partial charge < -0.3 is 4.79 Å². The van der Waals surface area contributed by atoms with Crippen molar-refractivity contribution in [3.8, 4) is 11.3 Å². The summed E-state index contributed by atoms with van der Waals surface area (Å²) in [4.78, 5) is 15.3. The van der Waals surface area contributed by atoms with Gasteiger partial charge in [0.1, 0.15) is 5.78 Å². The van der Waals surface area contributed by atoms with Gasteiger partial charge in [-0.25, -0.2) is 4.98 Å². The molecular weight excluding hydrogens is 230 g/mol. The Morgan fingerprint density at radius 1 is 1.29 bits per heavy atom. The SMILES string of the molecule is CC(=O)CCc1ccc(-c2csc(C)n2)cc1. The summed E-state index contributed by atoms with van der Waals surface area (Å²) in [6, 6.07) is 8.30. The van der Waals surface area contributed by atoms with Gasteiger partial charge in [0.25, 0.3) is 0 Å². The molecule has 0 aliphatic carbocycles. The van der Waals surface area contributed by atoms with E-state index in [1.807, 2.05) is 6.92 Å². The van der Waals surface area contributed by atoms with Crippen molar-refractivity contribution in [2.75, 3.05) is 0 Å². The number of carbonyl (C=O) groups excluding carboxylic acids is 1. The molecule has 0 spiro atoms. The largest absolute Gasteiger partial charge is 0.300 e. The third-order valence-corrected chi connectivity index (χ3v) is 3.41. The van der Waals surface area contributed by atoms with Crippen LogP contribution in [-0.2, 0) is 11.2 Å². The average Bonchev–Trinajstić information content (AvgIpc) is 2.74. The number of aromatic nitrogens is 1. The van der Waals surface area contributed by atoms with Gasteiger partial charge in [0.15, 0.2) is 0 Å². The highest BCUT2D eigenvalue weighted by atomic mass is 32.1. The van der Waals surface area contributed by atoms with Crippen LogP contribution in [0.3, 0.4) is 0 Å². The highest BCUT2D eigenvalue weighted by Crippen LogP contribution is 2.22. The van der Waals surface area contributed by atoms with E-state index >= 15 is 0 Å². The van der Waals surface area contributed by atoms with E-state index in [-0.39, 0.29) is 5.78 Å². The van der Waals surface area contributed by atoms with Crippen LogP contribution in [-0.4, -0.2) is 10.8 Å². The predicted molar refractivity (Wildman–Crippen MR) is 71.3 cm³/mol. The zero-order valence-electron chi connectivity index (χ0n) is 10.1. The Hall–Kier alpha value is -1.48. The maximum absolute atomic E-state index is 10.9. The van der Waals surface area contributed by atoms with Gasteiger partial charge in [0, 0.05) is 17.4 Å². The molecule has 1 heterocycles. The van der Waals surface area contributed by atoms with Gasteiger partial charge in [-0.05, 0) is 25.8 Å². The fraction of sp³-hybridized carbons (Fsp3) is 0.286. The van der Waals surface area contributed by atoms with Crippen molar-refractivity contribution in [2.45, 2.75) is 26.7 Å². The van der Waals surface area contributed by atoms with Crippen LogP contribution in [0.2, 0.25) is 0 Å². The van der Waals surface area contributed by atoms with Gasteiger partial charge >= 0.3 is 0 Å². The number of hydrogen-bond acceptors (Lipinski definition) is 3. The number of benzene rings is 1. The van der Waals surface area contributed by atoms with Crippen molar-refractivity contribution in [3.63, 3.8) is 0 Å². The lowest BCUT2D eigenvalue weighted by molar-refractivity contribution is -0.116. The quantitative estimate of drug-likeness (QED) is 0.823. The molecule has 3 heteroatoms. The smallest absolute Gasteiger partial charge is 0.130 e. The molecule has 0 atom stereocenters. The Morgan fingerprint density at radius 2 is 2.00 bits per heavy atom. The van der Waals surface area contributed by atoms with Crippen LogP contribution < -0.4 is 0 Å². The molecule has 0 saturated heterocycles. The second kappa shape index (κ2) is 5.23. The normalized spacial score (nSPS) is 10.5. The molecule has 0 aliphatic heterocycles. The van der Waals surface area contributed by atoms with Gasteiger partial charge in [0.05, 0.1) is 10.7 Å². The standard InChI is InChI=1S/C14H15NOS/c1-10(16)3-4-12-5-7-13(8-6-12)14-9-17-11(2)15-14/h5-9H,3-4H2,1-2H3. The van der Waals surface area contributed by atoms with E-state index in [9.17, 15) is 4.79 Å². The Morgan fingerprint density at radius 3 is 2.53 bits per heavy atom. The summed E-state index contributed by atoms with van der Waals surface area (Å²) in [7, 11) is 0. The van der Waals surface area contributed by atoms with E-state index < -0.39 is 0 Å². The molecule has 0 aliphatic rings. The van der Waals surface area contributed by atoms with E-state index in [2.05, 4.69) is 34.6 Å². The Bertz CT molecular complexity index is 513. The molecule has 0 amide bonds. The topological polar surface area (TPSA) is 30.0 Å². The van der Waals surface area contributed by atoms with Crippen LogP contribution in [0.1, 0.15) is 23.9 Å². The Labute approximate surface area is 105 Å². The molecule has 0 fully saturated rings. The molecule has 17 heavy (non-hydrogen) atoms. The van der Waals surface area contributed by atoms with Crippen LogP contribution in [0.5, 0.6) is 0 Å². The minimum atomic E-state index is 0.240. The molecule has 1 aromatic carbocycles. The van der Waals surface area contributed by atoms with E-state index in [0.717, 1.165) is 22.7 Å². The number of nitrogens with zero attached hydrogens (tertiary/aromatic N) is 1. The monoisotopic (exact) mass is 245 g/mol. The van der Waals surface area contributed by atoms with Crippen LogP contribution >= 0.6 is 11.3 Å². The molecule has 0 N–H and O–H groups in total. The van der Waals surface area contributed by atoms with Gasteiger partial charge in [-0.2, -0.15) is 0 Å². The van der Waals surface area contributed by atoms with Crippen LogP contribution in [0.25, 0.3) is 11.3 Å². The summed E-state index contributed by atoms with van der Waals surface area (Å²) >= 11 is 1.66. The molecule has 2 aromatic rings. The van der Waals surface area contributed by atoms with Crippen LogP contribution in [0.4, 0.5) is 0 Å². The Balaban J connectivity index is 2.10. The molecule has 2 rings (SSSR count). The molecule has 1 aromatic heterocycles. The molecular formula is C14H15NOS. The molecule has 88 valence electrons. The number of hydrogen-bond donors (Lipinski definition) is 0. The average molecular weight is 245 g/mol. The summed E-state index contributed by atoms with van der Waals surface area (Å²) in [6.07, 6.45) is 1.45. The maximum Gasteiger partial charge on any atom is 0.130 e.